The molecule has 0 spiro atoms. The average Bonchev–Trinajstić information content (AvgIpc) is 2.61. The van der Waals surface area contributed by atoms with Gasteiger partial charge in [0, 0.05) is 5.69 Å². The molecule has 3 heteroatoms. The van der Waals surface area contributed by atoms with E-state index in [0.29, 0.717) is 0 Å². The van der Waals surface area contributed by atoms with Gasteiger partial charge in [-0.1, -0.05) is 38.8 Å². The highest BCUT2D eigenvalue weighted by Gasteiger charge is 2.38. The fraction of sp³-hybridized carbons (Fsp3) is 0.562. The van der Waals surface area contributed by atoms with Gasteiger partial charge in [0.15, 0.2) is 0 Å². The second-order valence-electron chi connectivity index (χ2n) is 5.91. The van der Waals surface area contributed by atoms with Crippen molar-refractivity contribution in [3.8, 4) is 0 Å². The molecule has 0 radical (unpaired) electrons. The Hall–Kier alpha value is -1.35. The number of hydrogen-bond donors (Lipinski definition) is 2. The zero-order valence-electron chi connectivity index (χ0n) is 12.2. The van der Waals surface area contributed by atoms with E-state index in [1.54, 1.807) is 0 Å². The van der Waals surface area contributed by atoms with Crippen LogP contribution in [0.4, 0.5) is 5.69 Å². The van der Waals surface area contributed by atoms with Gasteiger partial charge in [-0.05, 0) is 37.0 Å². The van der Waals surface area contributed by atoms with Gasteiger partial charge in [-0.3, -0.25) is 4.79 Å². The minimum atomic E-state index is -0.515. The Morgan fingerprint density at radius 3 is 2.47 bits per heavy atom. The molecular formula is C16H23NO2. The van der Waals surface area contributed by atoms with Crippen LogP contribution in [0.1, 0.15) is 57.8 Å². The summed E-state index contributed by atoms with van der Waals surface area (Å²) < 4.78 is 0. The predicted molar refractivity (Wildman–Crippen MR) is 77.1 cm³/mol. The van der Waals surface area contributed by atoms with E-state index in [0.717, 1.165) is 29.7 Å². The van der Waals surface area contributed by atoms with Crippen molar-refractivity contribution in [3.63, 3.8) is 0 Å². The van der Waals surface area contributed by atoms with Gasteiger partial charge in [0.2, 0.25) is 5.91 Å². The minimum Gasteiger partial charge on any atom is -0.388 e. The summed E-state index contributed by atoms with van der Waals surface area (Å²) in [7, 11) is 0. The molecule has 1 atom stereocenters. The van der Waals surface area contributed by atoms with Gasteiger partial charge in [0.1, 0.15) is 0 Å². The monoisotopic (exact) mass is 261 g/mol. The number of carbonyl (C=O) groups is 1. The number of aliphatic hydroxyl groups excluding tert-OH is 1. The maximum atomic E-state index is 11.9. The summed E-state index contributed by atoms with van der Waals surface area (Å²) >= 11 is 0. The molecule has 0 aliphatic carbocycles. The fourth-order valence-electron chi connectivity index (χ4n) is 2.78. The van der Waals surface area contributed by atoms with E-state index in [2.05, 4.69) is 19.2 Å². The predicted octanol–water partition coefficient (Wildman–Crippen LogP) is 3.39. The zero-order valence-corrected chi connectivity index (χ0v) is 12.2. The Bertz CT molecular complexity index is 490. The van der Waals surface area contributed by atoms with E-state index >= 15 is 0 Å². The Labute approximate surface area is 115 Å². The third-order valence-corrected chi connectivity index (χ3v) is 4.37. The fourth-order valence-corrected chi connectivity index (χ4v) is 2.78. The lowest BCUT2D eigenvalue weighted by atomic mass is 9.83. The molecule has 19 heavy (non-hydrogen) atoms. The summed E-state index contributed by atoms with van der Waals surface area (Å²) in [5.74, 6) is 0.294. The number of carbonyl (C=O) groups excluding carboxylic acids is 1. The van der Waals surface area contributed by atoms with E-state index in [1.807, 2.05) is 32.0 Å². The van der Waals surface area contributed by atoms with Gasteiger partial charge in [0.25, 0.3) is 0 Å². The van der Waals surface area contributed by atoms with Crippen molar-refractivity contribution in [1.82, 2.24) is 0 Å². The van der Waals surface area contributed by atoms with Crippen LogP contribution in [0.3, 0.4) is 0 Å². The highest BCUT2D eigenvalue weighted by atomic mass is 16.3. The van der Waals surface area contributed by atoms with Crippen molar-refractivity contribution in [2.45, 2.75) is 52.1 Å². The number of nitrogens with one attached hydrogen (secondary N) is 1. The molecular weight excluding hydrogens is 238 g/mol. The molecule has 1 amide bonds. The third-order valence-electron chi connectivity index (χ3n) is 4.37. The van der Waals surface area contributed by atoms with Crippen molar-refractivity contribution in [2.75, 3.05) is 5.32 Å². The second-order valence-corrected chi connectivity index (χ2v) is 5.91. The van der Waals surface area contributed by atoms with Gasteiger partial charge < -0.3 is 10.4 Å². The molecule has 1 aliphatic heterocycles. The van der Waals surface area contributed by atoms with Crippen LogP contribution in [0.15, 0.2) is 18.2 Å². The zero-order chi connectivity index (χ0) is 14.2. The molecule has 0 bridgehead atoms. The van der Waals surface area contributed by atoms with Gasteiger partial charge in [-0.15, -0.1) is 0 Å². The van der Waals surface area contributed by atoms with Gasteiger partial charge in [-0.25, -0.2) is 0 Å². The smallest absolute Gasteiger partial charge is 0.234 e. The van der Waals surface area contributed by atoms with Crippen LogP contribution in [-0.2, 0) is 10.2 Å². The van der Waals surface area contributed by atoms with Crippen LogP contribution >= 0.6 is 0 Å². The highest BCUT2D eigenvalue weighted by molar-refractivity contribution is 6.05. The molecule has 0 fully saturated rings. The molecule has 2 N–H and O–H groups in total. The Balaban J connectivity index is 2.37. The van der Waals surface area contributed by atoms with Crippen molar-refractivity contribution in [3.05, 3.63) is 29.3 Å². The molecule has 1 aromatic carbocycles. The summed E-state index contributed by atoms with van der Waals surface area (Å²) in [5.41, 5.74) is 2.26. The third kappa shape index (κ3) is 2.27. The number of hydrogen-bond acceptors (Lipinski definition) is 2. The van der Waals surface area contributed by atoms with Crippen molar-refractivity contribution in [1.29, 1.82) is 0 Å². The number of fused-ring (bicyclic) bond motifs is 1. The molecule has 0 saturated carbocycles. The molecule has 1 aliphatic rings. The highest BCUT2D eigenvalue weighted by Crippen LogP contribution is 2.39. The molecule has 104 valence electrons. The van der Waals surface area contributed by atoms with Gasteiger partial charge in [-0.2, -0.15) is 0 Å². The molecule has 3 nitrogen and oxygen atoms in total. The van der Waals surface area contributed by atoms with Gasteiger partial charge in [0.05, 0.1) is 11.5 Å². The van der Waals surface area contributed by atoms with Crippen molar-refractivity contribution < 1.29 is 9.90 Å². The lowest BCUT2D eigenvalue weighted by Crippen LogP contribution is -2.27. The van der Waals surface area contributed by atoms with E-state index in [9.17, 15) is 9.90 Å². The Morgan fingerprint density at radius 1 is 1.26 bits per heavy atom. The van der Waals surface area contributed by atoms with Crippen LogP contribution in [-0.4, -0.2) is 11.0 Å². The quantitative estimate of drug-likeness (QED) is 0.873. The van der Waals surface area contributed by atoms with Crippen molar-refractivity contribution >= 4 is 11.6 Å². The summed E-state index contributed by atoms with van der Waals surface area (Å²) in [5, 5.41) is 13.3. The Kier molecular flexibility index (Phi) is 3.68. The largest absolute Gasteiger partial charge is 0.388 e. The number of aliphatic hydroxyl groups is 1. The maximum Gasteiger partial charge on any atom is 0.234 e. The number of benzene rings is 1. The number of amides is 1. The normalized spacial score (nSPS) is 18.3. The van der Waals surface area contributed by atoms with Crippen LogP contribution in [0.5, 0.6) is 0 Å². The SMILES string of the molecule is CCC(CC)C(O)c1ccc2c(c1)C(C)(C)C(=O)N2. The van der Waals surface area contributed by atoms with Crippen LogP contribution in [0.25, 0.3) is 0 Å². The molecule has 2 rings (SSSR count). The van der Waals surface area contributed by atoms with E-state index in [1.165, 1.54) is 0 Å². The molecule has 0 saturated heterocycles. The summed E-state index contributed by atoms with van der Waals surface area (Å²) in [6.45, 7) is 8.03. The second kappa shape index (κ2) is 4.97. The maximum absolute atomic E-state index is 11.9. The summed E-state index contributed by atoms with van der Waals surface area (Å²) in [6, 6.07) is 5.81. The topological polar surface area (TPSA) is 49.3 Å². The molecule has 1 heterocycles. The lowest BCUT2D eigenvalue weighted by molar-refractivity contribution is -0.119. The molecule has 1 unspecified atom stereocenters. The van der Waals surface area contributed by atoms with E-state index < -0.39 is 11.5 Å². The minimum absolute atomic E-state index is 0.0247. The summed E-state index contributed by atoms with van der Waals surface area (Å²) in [4.78, 5) is 11.9. The van der Waals surface area contributed by atoms with Crippen LogP contribution in [0.2, 0.25) is 0 Å². The van der Waals surface area contributed by atoms with Gasteiger partial charge >= 0.3 is 0 Å². The first kappa shape index (κ1) is 14.1. The molecule has 1 aromatic rings. The number of rotatable bonds is 4. The van der Waals surface area contributed by atoms with E-state index in [4.69, 9.17) is 0 Å². The first-order chi connectivity index (χ1) is 8.91. The Morgan fingerprint density at radius 2 is 1.89 bits per heavy atom. The summed E-state index contributed by atoms with van der Waals surface area (Å²) in [6.07, 6.45) is 1.46. The first-order valence-electron chi connectivity index (χ1n) is 7.05. The number of anilines is 1. The lowest BCUT2D eigenvalue weighted by Gasteiger charge is -2.22. The van der Waals surface area contributed by atoms with Crippen LogP contribution < -0.4 is 5.32 Å². The average molecular weight is 261 g/mol. The standard InChI is InChI=1S/C16H23NO2/c1-5-10(6-2)14(18)11-7-8-13-12(9-11)16(3,4)15(19)17-13/h7-10,14,18H,5-6H2,1-4H3,(H,17,19). The van der Waals surface area contributed by atoms with Crippen molar-refractivity contribution in [2.24, 2.45) is 5.92 Å². The first-order valence-corrected chi connectivity index (χ1v) is 7.05. The molecule has 0 aromatic heterocycles. The van der Waals surface area contributed by atoms with Crippen LogP contribution in [0, 0.1) is 5.92 Å². The van der Waals surface area contributed by atoms with E-state index in [-0.39, 0.29) is 11.8 Å².